The Labute approximate surface area is 295 Å². The second kappa shape index (κ2) is 32.7. The van der Waals surface area contributed by atoms with Crippen LogP contribution in [0.15, 0.2) is 24.3 Å². The number of benzene rings is 1. The maximum Gasteiger partial charge on any atom is 0.261 e. The van der Waals surface area contributed by atoms with Crippen molar-refractivity contribution in [1.82, 2.24) is 4.90 Å². The van der Waals surface area contributed by atoms with Crippen molar-refractivity contribution < 1.29 is 66.4 Å². The lowest BCUT2D eigenvalue weighted by Crippen LogP contribution is -2.33. The van der Waals surface area contributed by atoms with E-state index in [9.17, 15) is 9.59 Å². The Morgan fingerprint density at radius 1 is 0.360 bits per heavy atom. The average molecular weight is 719 g/mol. The monoisotopic (exact) mass is 718 g/mol. The summed E-state index contributed by atoms with van der Waals surface area (Å²) in [5.74, 6) is -0.558. The van der Waals surface area contributed by atoms with Gasteiger partial charge in [-0.05, 0) is 12.1 Å². The Morgan fingerprint density at radius 3 is 0.820 bits per heavy atom. The number of imide groups is 1. The number of carbonyl (C=O) groups excluding carboxylic acids is 2. The molecule has 0 aliphatic carbocycles. The van der Waals surface area contributed by atoms with Crippen LogP contribution in [0.5, 0.6) is 0 Å². The van der Waals surface area contributed by atoms with Crippen LogP contribution in [0.25, 0.3) is 0 Å². The highest BCUT2D eigenvalue weighted by molar-refractivity contribution is 6.21. The summed E-state index contributed by atoms with van der Waals surface area (Å²) in [4.78, 5) is 25.8. The van der Waals surface area contributed by atoms with Crippen LogP contribution in [0, 0.1) is 0 Å². The van der Waals surface area contributed by atoms with Crippen LogP contribution in [-0.4, -0.2) is 188 Å². The van der Waals surface area contributed by atoms with E-state index in [2.05, 4.69) is 0 Å². The summed E-state index contributed by atoms with van der Waals surface area (Å²) in [6, 6.07) is 6.81. The SMILES string of the molecule is NCCOCCOCCOCCOCCOCCOCCOCCOCCOCCOCCOCCOCCN1C(=O)c2ccccc2C1=O. The Bertz CT molecular complexity index is 925. The highest BCUT2D eigenvalue weighted by Gasteiger charge is 2.34. The lowest BCUT2D eigenvalue weighted by Gasteiger charge is -2.13. The molecule has 2 amide bonds. The molecule has 2 rings (SSSR count). The van der Waals surface area contributed by atoms with Gasteiger partial charge in [0.1, 0.15) is 0 Å². The fraction of sp³-hybridized carbons (Fsp3) is 0.765. The number of ether oxygens (including phenoxy) is 12. The summed E-state index contributed by atoms with van der Waals surface area (Å²) >= 11 is 0. The number of nitrogens with zero attached hydrogens (tertiary/aromatic N) is 1. The molecule has 0 bridgehead atoms. The first kappa shape index (κ1) is 44.0. The molecule has 1 aromatic rings. The zero-order valence-electron chi connectivity index (χ0n) is 29.4. The van der Waals surface area contributed by atoms with E-state index in [0.717, 1.165) is 0 Å². The first-order valence-electron chi connectivity index (χ1n) is 17.3. The number of hydrogen-bond acceptors (Lipinski definition) is 15. The van der Waals surface area contributed by atoms with E-state index in [1.54, 1.807) is 24.3 Å². The first-order chi connectivity index (χ1) is 24.8. The van der Waals surface area contributed by atoms with Crippen molar-refractivity contribution in [3.63, 3.8) is 0 Å². The predicted molar refractivity (Wildman–Crippen MR) is 181 cm³/mol. The van der Waals surface area contributed by atoms with Crippen LogP contribution in [0.4, 0.5) is 0 Å². The number of fused-ring (bicyclic) bond motifs is 1. The molecule has 0 saturated carbocycles. The smallest absolute Gasteiger partial charge is 0.261 e. The number of hydrogen-bond donors (Lipinski definition) is 1. The van der Waals surface area contributed by atoms with Crippen molar-refractivity contribution in [2.75, 3.05) is 172 Å². The third-order valence-corrected chi connectivity index (χ3v) is 6.69. The fourth-order valence-corrected chi connectivity index (χ4v) is 4.20. The zero-order chi connectivity index (χ0) is 35.6. The first-order valence-corrected chi connectivity index (χ1v) is 17.3. The van der Waals surface area contributed by atoms with Crippen LogP contribution < -0.4 is 5.73 Å². The minimum absolute atomic E-state index is 0.212. The van der Waals surface area contributed by atoms with Crippen molar-refractivity contribution >= 4 is 11.8 Å². The molecule has 1 aromatic carbocycles. The largest absolute Gasteiger partial charge is 0.378 e. The summed E-state index contributed by atoms with van der Waals surface area (Å²) in [5, 5.41) is 0. The van der Waals surface area contributed by atoms with Gasteiger partial charge in [0.15, 0.2) is 0 Å². The normalized spacial score (nSPS) is 12.8. The molecular formula is C34H58N2O14. The van der Waals surface area contributed by atoms with Crippen LogP contribution >= 0.6 is 0 Å². The van der Waals surface area contributed by atoms with Gasteiger partial charge in [-0.15, -0.1) is 0 Å². The molecule has 1 aliphatic heterocycles. The molecule has 0 radical (unpaired) electrons. The van der Waals surface area contributed by atoms with Crippen LogP contribution in [-0.2, 0) is 56.8 Å². The van der Waals surface area contributed by atoms with Gasteiger partial charge >= 0.3 is 0 Å². The Kier molecular flexibility index (Phi) is 28.8. The van der Waals surface area contributed by atoms with E-state index in [-0.39, 0.29) is 25.0 Å². The topological polar surface area (TPSA) is 174 Å². The maximum atomic E-state index is 12.3. The quantitative estimate of drug-likeness (QED) is 0.0737. The van der Waals surface area contributed by atoms with Crippen molar-refractivity contribution in [3.8, 4) is 0 Å². The number of rotatable bonds is 38. The second-order valence-corrected chi connectivity index (χ2v) is 10.4. The van der Waals surface area contributed by atoms with E-state index in [4.69, 9.17) is 62.6 Å². The molecule has 0 fully saturated rings. The minimum Gasteiger partial charge on any atom is -0.378 e. The number of nitrogens with two attached hydrogens (primary N) is 1. The van der Waals surface area contributed by atoms with E-state index < -0.39 is 0 Å². The Balaban J connectivity index is 1.16. The molecule has 1 aliphatic rings. The highest BCUT2D eigenvalue weighted by Crippen LogP contribution is 2.21. The van der Waals surface area contributed by atoms with E-state index >= 15 is 0 Å². The van der Waals surface area contributed by atoms with Crippen LogP contribution in [0.1, 0.15) is 20.7 Å². The van der Waals surface area contributed by atoms with Crippen molar-refractivity contribution in [2.45, 2.75) is 0 Å². The van der Waals surface area contributed by atoms with Crippen molar-refractivity contribution in [3.05, 3.63) is 35.4 Å². The molecule has 50 heavy (non-hydrogen) atoms. The molecule has 288 valence electrons. The molecule has 16 heteroatoms. The molecule has 16 nitrogen and oxygen atoms in total. The van der Waals surface area contributed by atoms with Gasteiger partial charge in [-0.3, -0.25) is 14.5 Å². The summed E-state index contributed by atoms with van der Waals surface area (Å²) < 4.78 is 65.2. The van der Waals surface area contributed by atoms with E-state index in [1.807, 2.05) is 0 Å². The molecule has 0 spiro atoms. The summed E-state index contributed by atoms with van der Waals surface area (Å²) in [5.41, 5.74) is 6.21. The van der Waals surface area contributed by atoms with Gasteiger partial charge in [0.05, 0.1) is 176 Å². The lowest BCUT2D eigenvalue weighted by atomic mass is 10.1. The van der Waals surface area contributed by atoms with Gasteiger partial charge in [0.2, 0.25) is 0 Å². The third-order valence-electron chi connectivity index (χ3n) is 6.69. The van der Waals surface area contributed by atoms with E-state index in [1.165, 1.54) is 4.90 Å². The van der Waals surface area contributed by atoms with Gasteiger partial charge in [-0.25, -0.2) is 0 Å². The van der Waals surface area contributed by atoms with Gasteiger partial charge in [-0.1, -0.05) is 12.1 Å². The molecule has 2 N–H and O–H groups in total. The molecule has 0 unspecified atom stereocenters. The lowest BCUT2D eigenvalue weighted by molar-refractivity contribution is -0.0283. The highest BCUT2D eigenvalue weighted by atomic mass is 16.6. The standard InChI is InChI=1S/C34H58N2O14/c35-5-7-39-9-11-41-13-15-43-17-19-45-21-23-47-25-27-49-29-30-50-28-26-48-24-22-46-20-18-44-16-14-42-12-10-40-8-6-36-33(37)31-3-1-2-4-32(31)34(36)38/h1-4H,5-30,35H2. The fourth-order valence-electron chi connectivity index (χ4n) is 4.20. The van der Waals surface area contributed by atoms with E-state index in [0.29, 0.717) is 170 Å². The van der Waals surface area contributed by atoms with Crippen LogP contribution in [0.2, 0.25) is 0 Å². The zero-order valence-corrected chi connectivity index (χ0v) is 29.4. The van der Waals surface area contributed by atoms with Gasteiger partial charge in [0, 0.05) is 6.54 Å². The number of carbonyl (C=O) groups is 2. The second-order valence-electron chi connectivity index (χ2n) is 10.4. The third kappa shape index (κ3) is 22.6. The van der Waals surface area contributed by atoms with Crippen LogP contribution in [0.3, 0.4) is 0 Å². The summed E-state index contributed by atoms with van der Waals surface area (Å²) in [6.45, 7) is 12.1. The minimum atomic E-state index is -0.279. The Hall–Kier alpha value is -2.16. The predicted octanol–water partition coefficient (Wildman–Crippen LogP) is 0.441. The van der Waals surface area contributed by atoms with Gasteiger partial charge in [-0.2, -0.15) is 0 Å². The Morgan fingerprint density at radius 2 is 0.580 bits per heavy atom. The van der Waals surface area contributed by atoms with Gasteiger partial charge < -0.3 is 62.6 Å². The van der Waals surface area contributed by atoms with Crippen molar-refractivity contribution in [1.29, 1.82) is 0 Å². The summed E-state index contributed by atoms with van der Waals surface area (Å²) in [6.07, 6.45) is 0. The molecule has 0 atom stereocenters. The molecular weight excluding hydrogens is 660 g/mol. The maximum absolute atomic E-state index is 12.3. The van der Waals surface area contributed by atoms with Crippen molar-refractivity contribution in [2.24, 2.45) is 5.73 Å². The average Bonchev–Trinajstić information content (AvgIpc) is 3.37. The van der Waals surface area contributed by atoms with Gasteiger partial charge in [0.25, 0.3) is 11.8 Å². The molecule has 0 saturated heterocycles. The summed E-state index contributed by atoms with van der Waals surface area (Å²) in [7, 11) is 0. The number of amides is 2. The molecule has 1 heterocycles. The molecule has 0 aromatic heterocycles.